The summed E-state index contributed by atoms with van der Waals surface area (Å²) in [5.41, 5.74) is 9.35. The molecule has 0 radical (unpaired) electrons. The zero-order valence-electron chi connectivity index (χ0n) is 12.0. The van der Waals surface area contributed by atoms with E-state index in [0.29, 0.717) is 5.69 Å². The number of nitrogens with two attached hydrogens (primary N) is 1. The first-order chi connectivity index (χ1) is 10.8. The summed E-state index contributed by atoms with van der Waals surface area (Å²) in [6, 6.07) is 23.1. The molecule has 0 aliphatic rings. The van der Waals surface area contributed by atoms with Gasteiger partial charge in [-0.2, -0.15) is 0 Å². The smallest absolute Gasteiger partial charge is 0.135 e. The molecule has 3 aromatic rings. The number of terminal acetylenes is 1. The van der Waals surface area contributed by atoms with Gasteiger partial charge in [0.05, 0.1) is 0 Å². The van der Waals surface area contributed by atoms with Crippen LogP contribution >= 0.6 is 0 Å². The van der Waals surface area contributed by atoms with Crippen LogP contribution in [0, 0.1) is 12.3 Å². The quantitative estimate of drug-likeness (QED) is 0.558. The molecule has 0 unspecified atom stereocenters. The van der Waals surface area contributed by atoms with E-state index in [-0.39, 0.29) is 0 Å². The lowest BCUT2D eigenvalue weighted by molar-refractivity contribution is 0.484. The van der Waals surface area contributed by atoms with Gasteiger partial charge in [-0.3, -0.25) is 0 Å². The van der Waals surface area contributed by atoms with Gasteiger partial charge in [0.25, 0.3) is 0 Å². The predicted molar refractivity (Wildman–Crippen MR) is 90.7 cm³/mol. The summed E-state index contributed by atoms with van der Waals surface area (Å²) in [5.74, 6) is 4.17. The van der Waals surface area contributed by atoms with Gasteiger partial charge in [0, 0.05) is 16.8 Å². The number of ether oxygens (including phenoxy) is 1. The van der Waals surface area contributed by atoms with Crippen LogP contribution in [0.1, 0.15) is 5.56 Å². The molecule has 106 valence electrons. The van der Waals surface area contributed by atoms with Gasteiger partial charge >= 0.3 is 0 Å². The summed E-state index contributed by atoms with van der Waals surface area (Å²) in [4.78, 5) is 0. The van der Waals surface area contributed by atoms with E-state index in [1.807, 2.05) is 72.8 Å². The Morgan fingerprint density at radius 1 is 0.818 bits per heavy atom. The molecule has 0 aromatic heterocycles. The summed E-state index contributed by atoms with van der Waals surface area (Å²) >= 11 is 0. The van der Waals surface area contributed by atoms with Crippen molar-refractivity contribution in [1.82, 2.24) is 0 Å². The lowest BCUT2D eigenvalue weighted by atomic mass is 10.0. The maximum absolute atomic E-state index is 5.98. The van der Waals surface area contributed by atoms with E-state index in [1.165, 1.54) is 0 Å². The zero-order chi connectivity index (χ0) is 15.4. The van der Waals surface area contributed by atoms with Gasteiger partial charge in [0.15, 0.2) is 0 Å². The van der Waals surface area contributed by atoms with Gasteiger partial charge in [0.2, 0.25) is 0 Å². The van der Waals surface area contributed by atoms with Crippen molar-refractivity contribution >= 4 is 5.69 Å². The van der Waals surface area contributed by atoms with E-state index in [4.69, 9.17) is 16.9 Å². The van der Waals surface area contributed by atoms with Crippen LogP contribution in [0.25, 0.3) is 11.1 Å². The number of nitrogen functional groups attached to an aromatic ring is 1. The molecule has 0 spiro atoms. The van der Waals surface area contributed by atoms with Crippen molar-refractivity contribution in [2.45, 2.75) is 0 Å². The molecule has 0 saturated heterocycles. The second-order valence-electron chi connectivity index (χ2n) is 4.89. The van der Waals surface area contributed by atoms with E-state index in [2.05, 4.69) is 5.92 Å². The monoisotopic (exact) mass is 285 g/mol. The Hall–Kier alpha value is -3.18. The molecule has 0 heterocycles. The van der Waals surface area contributed by atoms with E-state index in [0.717, 1.165) is 28.2 Å². The minimum Gasteiger partial charge on any atom is -0.457 e. The summed E-state index contributed by atoms with van der Waals surface area (Å²) in [5, 5.41) is 0. The molecule has 0 fully saturated rings. The van der Waals surface area contributed by atoms with Crippen molar-refractivity contribution in [3.63, 3.8) is 0 Å². The minimum atomic E-state index is 0.713. The molecular formula is C20H15NO. The third-order valence-electron chi connectivity index (χ3n) is 3.36. The molecule has 3 aromatic carbocycles. The summed E-state index contributed by atoms with van der Waals surface area (Å²) < 4.78 is 5.98. The molecule has 0 aliphatic carbocycles. The highest BCUT2D eigenvalue weighted by Gasteiger charge is 2.07. The molecule has 2 heteroatoms. The lowest BCUT2D eigenvalue weighted by Gasteiger charge is -2.11. The predicted octanol–water partition coefficient (Wildman–Crippen LogP) is 4.71. The number of anilines is 1. The Morgan fingerprint density at radius 2 is 1.50 bits per heavy atom. The highest BCUT2D eigenvalue weighted by atomic mass is 16.5. The van der Waals surface area contributed by atoms with Crippen molar-refractivity contribution in [2.75, 3.05) is 5.73 Å². The number of rotatable bonds is 3. The normalized spacial score (nSPS) is 9.95. The average molecular weight is 285 g/mol. The molecule has 22 heavy (non-hydrogen) atoms. The van der Waals surface area contributed by atoms with Gasteiger partial charge in [-0.05, 0) is 48.0 Å². The Morgan fingerprint density at radius 3 is 2.18 bits per heavy atom. The average Bonchev–Trinajstić information content (AvgIpc) is 2.58. The Balaban J connectivity index is 1.95. The van der Waals surface area contributed by atoms with Crippen molar-refractivity contribution in [2.24, 2.45) is 0 Å². The van der Waals surface area contributed by atoms with Crippen molar-refractivity contribution in [1.29, 1.82) is 0 Å². The number of para-hydroxylation sites is 1. The van der Waals surface area contributed by atoms with Crippen LogP contribution in [0.5, 0.6) is 11.5 Å². The second kappa shape index (κ2) is 6.07. The van der Waals surface area contributed by atoms with Crippen LogP contribution in [-0.2, 0) is 0 Å². The molecular weight excluding hydrogens is 270 g/mol. The molecule has 3 rings (SSSR count). The fraction of sp³-hybridized carbons (Fsp3) is 0. The van der Waals surface area contributed by atoms with Gasteiger partial charge in [-0.15, -0.1) is 6.42 Å². The number of hydrogen-bond donors (Lipinski definition) is 1. The third-order valence-corrected chi connectivity index (χ3v) is 3.36. The molecule has 2 nitrogen and oxygen atoms in total. The molecule has 0 amide bonds. The Kier molecular flexibility index (Phi) is 3.80. The maximum atomic E-state index is 5.98. The van der Waals surface area contributed by atoms with Crippen molar-refractivity contribution in [3.05, 3.63) is 78.4 Å². The van der Waals surface area contributed by atoms with Crippen LogP contribution in [0.3, 0.4) is 0 Å². The Labute approximate surface area is 130 Å². The highest BCUT2D eigenvalue weighted by molar-refractivity contribution is 5.71. The van der Waals surface area contributed by atoms with E-state index < -0.39 is 0 Å². The number of benzene rings is 3. The highest BCUT2D eigenvalue weighted by Crippen LogP contribution is 2.33. The van der Waals surface area contributed by atoms with E-state index >= 15 is 0 Å². The SMILES string of the molecule is C#Cc1ccc(-c2ccccc2Oc2ccc(N)cc2)cc1. The molecule has 0 bridgehead atoms. The lowest BCUT2D eigenvalue weighted by Crippen LogP contribution is -1.89. The zero-order valence-corrected chi connectivity index (χ0v) is 12.0. The van der Waals surface area contributed by atoms with Crippen molar-refractivity contribution in [3.8, 4) is 35.0 Å². The van der Waals surface area contributed by atoms with Gasteiger partial charge in [-0.25, -0.2) is 0 Å². The first kappa shape index (κ1) is 13.8. The van der Waals surface area contributed by atoms with Crippen LogP contribution in [0.15, 0.2) is 72.8 Å². The number of hydrogen-bond acceptors (Lipinski definition) is 2. The van der Waals surface area contributed by atoms with Crippen LogP contribution < -0.4 is 10.5 Å². The topological polar surface area (TPSA) is 35.2 Å². The van der Waals surface area contributed by atoms with E-state index in [1.54, 1.807) is 0 Å². The van der Waals surface area contributed by atoms with Crippen LogP contribution in [0.4, 0.5) is 5.69 Å². The van der Waals surface area contributed by atoms with Crippen molar-refractivity contribution < 1.29 is 4.74 Å². The minimum absolute atomic E-state index is 0.713. The molecule has 0 aliphatic heterocycles. The summed E-state index contributed by atoms with van der Waals surface area (Å²) in [6.45, 7) is 0. The Bertz CT molecular complexity index is 812. The largest absolute Gasteiger partial charge is 0.457 e. The summed E-state index contributed by atoms with van der Waals surface area (Å²) in [6.07, 6.45) is 5.40. The van der Waals surface area contributed by atoms with Gasteiger partial charge < -0.3 is 10.5 Å². The summed E-state index contributed by atoms with van der Waals surface area (Å²) in [7, 11) is 0. The third kappa shape index (κ3) is 2.94. The maximum Gasteiger partial charge on any atom is 0.135 e. The fourth-order valence-electron chi connectivity index (χ4n) is 2.20. The molecule has 0 saturated carbocycles. The van der Waals surface area contributed by atoms with Crippen LogP contribution in [-0.4, -0.2) is 0 Å². The van der Waals surface area contributed by atoms with Gasteiger partial charge in [0.1, 0.15) is 11.5 Å². The van der Waals surface area contributed by atoms with E-state index in [9.17, 15) is 0 Å². The van der Waals surface area contributed by atoms with Crippen LogP contribution in [0.2, 0.25) is 0 Å². The van der Waals surface area contributed by atoms with Gasteiger partial charge in [-0.1, -0.05) is 36.3 Å². The second-order valence-corrected chi connectivity index (χ2v) is 4.89. The fourth-order valence-corrected chi connectivity index (χ4v) is 2.20. The first-order valence-electron chi connectivity index (χ1n) is 6.96. The first-order valence-corrected chi connectivity index (χ1v) is 6.96. The molecule has 0 atom stereocenters. The molecule has 2 N–H and O–H groups in total. The standard InChI is InChI=1S/C20H15NO/c1-2-15-7-9-16(10-8-15)19-5-3-4-6-20(19)22-18-13-11-17(21)12-14-18/h1,3-14H,21H2.